The van der Waals surface area contributed by atoms with Crippen LogP contribution in [-0.4, -0.2) is 34.9 Å². The maximum Gasteiger partial charge on any atom is 0.228 e. The smallest absolute Gasteiger partial charge is 0.228 e. The molecule has 3 rings (SSSR count). The molecule has 22 heavy (non-hydrogen) atoms. The first kappa shape index (κ1) is 19.0. The number of carbonyl (C=O) groups excluding carboxylic acids is 1. The van der Waals surface area contributed by atoms with E-state index in [-0.39, 0.29) is 36.8 Å². The maximum absolute atomic E-state index is 12.3. The summed E-state index contributed by atoms with van der Waals surface area (Å²) in [5.74, 6) is 0.127. The van der Waals surface area contributed by atoms with Crippen molar-refractivity contribution in [2.75, 3.05) is 13.1 Å². The Kier molecular flexibility index (Phi) is 7.35. The maximum atomic E-state index is 12.3. The highest BCUT2D eigenvalue weighted by molar-refractivity contribution is 7.13. The third-order valence-electron chi connectivity index (χ3n) is 3.62. The monoisotopic (exact) mass is 363 g/mol. The van der Waals surface area contributed by atoms with E-state index < -0.39 is 0 Å². The summed E-state index contributed by atoms with van der Waals surface area (Å²) in [5.41, 5.74) is 7.48. The molecule has 0 bridgehead atoms. The van der Waals surface area contributed by atoms with Crippen molar-refractivity contribution < 1.29 is 9.21 Å². The van der Waals surface area contributed by atoms with Gasteiger partial charge in [0.15, 0.2) is 0 Å². The van der Waals surface area contributed by atoms with E-state index in [1.165, 1.54) is 11.3 Å². The van der Waals surface area contributed by atoms with Crippen molar-refractivity contribution in [2.24, 2.45) is 5.73 Å². The first-order chi connectivity index (χ1) is 9.78. The first-order valence-electron chi connectivity index (χ1n) is 6.74. The van der Waals surface area contributed by atoms with Crippen LogP contribution in [0.5, 0.6) is 0 Å². The average molecular weight is 364 g/mol. The lowest BCUT2D eigenvalue weighted by atomic mass is 10.2. The molecule has 2 aromatic heterocycles. The minimum absolute atomic E-state index is 0. The molecule has 122 valence electrons. The molecule has 1 amide bonds. The molecular formula is C14H19Cl2N3O2S. The van der Waals surface area contributed by atoms with E-state index in [9.17, 15) is 4.79 Å². The number of nitrogens with zero attached hydrogens (tertiary/aromatic N) is 2. The molecule has 0 spiro atoms. The molecule has 1 saturated heterocycles. The molecule has 0 aliphatic carbocycles. The molecule has 3 heterocycles. The Balaban J connectivity index is 0.00000121. The van der Waals surface area contributed by atoms with Crippen LogP contribution >= 0.6 is 36.2 Å². The van der Waals surface area contributed by atoms with E-state index in [4.69, 9.17) is 10.2 Å². The van der Waals surface area contributed by atoms with Gasteiger partial charge < -0.3 is 15.1 Å². The van der Waals surface area contributed by atoms with Crippen LogP contribution in [0.4, 0.5) is 0 Å². The summed E-state index contributed by atoms with van der Waals surface area (Å²) in [6, 6.07) is 2.07. The van der Waals surface area contributed by atoms with E-state index in [1.54, 1.807) is 12.5 Å². The molecule has 0 aromatic carbocycles. The van der Waals surface area contributed by atoms with Crippen molar-refractivity contribution in [2.45, 2.75) is 25.3 Å². The number of rotatable bonds is 4. The third kappa shape index (κ3) is 4.01. The van der Waals surface area contributed by atoms with Crippen molar-refractivity contribution in [1.82, 2.24) is 9.88 Å². The molecule has 1 aliphatic heterocycles. The van der Waals surface area contributed by atoms with Gasteiger partial charge in [-0.05, 0) is 18.9 Å². The van der Waals surface area contributed by atoms with Gasteiger partial charge in [0.05, 0.1) is 18.4 Å². The Bertz CT molecular complexity index is 589. The molecule has 1 atom stereocenters. The summed E-state index contributed by atoms with van der Waals surface area (Å²) in [7, 11) is 0. The van der Waals surface area contributed by atoms with Crippen molar-refractivity contribution in [1.29, 1.82) is 0 Å². The van der Waals surface area contributed by atoms with Gasteiger partial charge in [0.25, 0.3) is 0 Å². The predicted molar refractivity (Wildman–Crippen MR) is 91.8 cm³/mol. The molecular weight excluding hydrogens is 345 g/mol. The SMILES string of the molecule is Cl.Cl.NCC1CCCN1C(=O)Cc1csc(-c2ccoc2)n1. The van der Waals surface area contributed by atoms with Crippen molar-refractivity contribution in [3.8, 4) is 10.6 Å². The van der Waals surface area contributed by atoms with Gasteiger partial charge in [-0.2, -0.15) is 0 Å². The highest BCUT2D eigenvalue weighted by Gasteiger charge is 2.27. The van der Waals surface area contributed by atoms with Crippen LogP contribution in [0.1, 0.15) is 18.5 Å². The number of thiazole rings is 1. The zero-order valence-corrected chi connectivity index (χ0v) is 14.4. The van der Waals surface area contributed by atoms with Crippen molar-refractivity contribution >= 4 is 42.1 Å². The standard InChI is InChI=1S/C14H17N3O2S.2ClH/c15-7-12-2-1-4-17(12)13(18)6-11-9-20-14(16-11)10-3-5-19-8-10;;/h3,5,8-9,12H,1-2,4,6-7,15H2;2*1H. The van der Waals surface area contributed by atoms with E-state index in [1.807, 2.05) is 16.3 Å². The van der Waals surface area contributed by atoms with E-state index in [0.717, 1.165) is 35.7 Å². The van der Waals surface area contributed by atoms with Gasteiger partial charge in [0.2, 0.25) is 5.91 Å². The number of carbonyl (C=O) groups is 1. The van der Waals surface area contributed by atoms with Gasteiger partial charge in [0.1, 0.15) is 11.3 Å². The molecule has 8 heteroatoms. The van der Waals surface area contributed by atoms with Crippen molar-refractivity contribution in [3.05, 3.63) is 29.7 Å². The average Bonchev–Trinajstić information content (AvgIpc) is 3.19. The van der Waals surface area contributed by atoms with E-state index in [0.29, 0.717) is 13.0 Å². The third-order valence-corrected chi connectivity index (χ3v) is 4.56. The van der Waals surface area contributed by atoms with Crippen LogP contribution in [0.2, 0.25) is 0 Å². The molecule has 1 fully saturated rings. The Hall–Kier alpha value is -1.08. The highest BCUT2D eigenvalue weighted by Crippen LogP contribution is 2.25. The Morgan fingerprint density at radius 3 is 3.00 bits per heavy atom. The fourth-order valence-electron chi connectivity index (χ4n) is 2.57. The second-order valence-electron chi connectivity index (χ2n) is 4.95. The summed E-state index contributed by atoms with van der Waals surface area (Å²) in [6.45, 7) is 1.36. The number of aromatic nitrogens is 1. The van der Waals surface area contributed by atoms with Crippen LogP contribution in [0.25, 0.3) is 10.6 Å². The number of hydrogen-bond acceptors (Lipinski definition) is 5. The van der Waals surface area contributed by atoms with Crippen LogP contribution in [0.3, 0.4) is 0 Å². The summed E-state index contributed by atoms with van der Waals surface area (Å²) in [6.07, 6.45) is 5.70. The molecule has 2 aromatic rings. The van der Waals surface area contributed by atoms with Crippen LogP contribution in [0.15, 0.2) is 28.4 Å². The van der Waals surface area contributed by atoms with Gasteiger partial charge in [-0.15, -0.1) is 36.2 Å². The van der Waals surface area contributed by atoms with Gasteiger partial charge in [-0.1, -0.05) is 0 Å². The minimum atomic E-state index is 0. The second kappa shape index (κ2) is 8.53. The highest BCUT2D eigenvalue weighted by atomic mass is 35.5. The molecule has 0 radical (unpaired) electrons. The lowest BCUT2D eigenvalue weighted by Crippen LogP contribution is -2.40. The molecule has 0 saturated carbocycles. The van der Waals surface area contributed by atoms with Gasteiger partial charge in [-0.25, -0.2) is 4.98 Å². The summed E-state index contributed by atoms with van der Waals surface area (Å²) in [4.78, 5) is 18.7. The lowest BCUT2D eigenvalue weighted by Gasteiger charge is -2.23. The molecule has 1 aliphatic rings. The predicted octanol–water partition coefficient (Wildman–Crippen LogP) is 2.74. The number of hydrogen-bond donors (Lipinski definition) is 1. The molecule has 1 unspecified atom stereocenters. The van der Waals surface area contributed by atoms with Crippen LogP contribution in [-0.2, 0) is 11.2 Å². The summed E-state index contributed by atoms with van der Waals surface area (Å²) in [5, 5.41) is 2.83. The van der Waals surface area contributed by atoms with Gasteiger partial charge >= 0.3 is 0 Å². The molecule has 5 nitrogen and oxygen atoms in total. The lowest BCUT2D eigenvalue weighted by molar-refractivity contribution is -0.131. The van der Waals surface area contributed by atoms with Gasteiger partial charge in [-0.3, -0.25) is 4.79 Å². The first-order valence-corrected chi connectivity index (χ1v) is 7.62. The van der Waals surface area contributed by atoms with Crippen LogP contribution in [0, 0.1) is 0 Å². The number of nitrogens with two attached hydrogens (primary N) is 1. The Morgan fingerprint density at radius 1 is 1.50 bits per heavy atom. The van der Waals surface area contributed by atoms with E-state index >= 15 is 0 Å². The fourth-order valence-corrected chi connectivity index (χ4v) is 3.38. The summed E-state index contributed by atoms with van der Waals surface area (Å²) < 4.78 is 5.05. The number of likely N-dealkylation sites (tertiary alicyclic amines) is 1. The van der Waals surface area contributed by atoms with Crippen LogP contribution < -0.4 is 5.73 Å². The Morgan fingerprint density at radius 2 is 2.32 bits per heavy atom. The quantitative estimate of drug-likeness (QED) is 0.906. The number of amides is 1. The largest absolute Gasteiger partial charge is 0.472 e. The topological polar surface area (TPSA) is 72.4 Å². The van der Waals surface area contributed by atoms with Crippen molar-refractivity contribution in [3.63, 3.8) is 0 Å². The Labute approximate surface area is 145 Å². The summed E-state index contributed by atoms with van der Waals surface area (Å²) >= 11 is 1.53. The molecule has 2 N–H and O–H groups in total. The van der Waals surface area contributed by atoms with Gasteiger partial charge in [0, 0.05) is 30.1 Å². The number of halogens is 2. The number of furan rings is 1. The zero-order chi connectivity index (χ0) is 13.9. The zero-order valence-electron chi connectivity index (χ0n) is 11.9. The normalized spacial score (nSPS) is 17.0. The van der Waals surface area contributed by atoms with E-state index in [2.05, 4.69) is 4.98 Å². The fraction of sp³-hybridized carbons (Fsp3) is 0.429. The second-order valence-corrected chi connectivity index (χ2v) is 5.81. The minimum Gasteiger partial charge on any atom is -0.472 e.